The molecule has 0 bridgehead atoms. The van der Waals surface area contributed by atoms with Crippen molar-refractivity contribution in [2.75, 3.05) is 0 Å². The summed E-state index contributed by atoms with van der Waals surface area (Å²) in [5.74, 6) is 0. The van der Waals surface area contributed by atoms with Crippen LogP contribution in [0.5, 0.6) is 0 Å². The van der Waals surface area contributed by atoms with E-state index in [1.54, 1.807) is 0 Å². The Bertz CT molecular complexity index is 577. The smallest absolute Gasteiger partial charge is 0.267 e. The Balaban J connectivity index is 2.40. The highest BCUT2D eigenvalue weighted by Gasteiger charge is 2.17. The molecule has 0 aromatic heterocycles. The van der Waals surface area contributed by atoms with Gasteiger partial charge in [-0.2, -0.15) is 0 Å². The van der Waals surface area contributed by atoms with E-state index in [0.29, 0.717) is 0 Å². The van der Waals surface area contributed by atoms with E-state index in [1.807, 2.05) is 11.4 Å². The second kappa shape index (κ2) is 7.22. The number of hydrogen-bond acceptors (Lipinski definition) is 1. The van der Waals surface area contributed by atoms with Gasteiger partial charge in [0.05, 0.1) is 6.10 Å². The minimum atomic E-state index is -1.13. The zero-order valence-electron chi connectivity index (χ0n) is 12.0. The number of rotatable bonds is 7. The molecular weight excluding hydrogens is 260 g/mol. The van der Waals surface area contributed by atoms with E-state index in [4.69, 9.17) is 4.43 Å². The van der Waals surface area contributed by atoms with E-state index < -0.39 is 9.04 Å². The summed E-state index contributed by atoms with van der Waals surface area (Å²) in [4.78, 5) is 0. The lowest BCUT2D eigenvalue weighted by Gasteiger charge is -2.22. The van der Waals surface area contributed by atoms with Crippen molar-refractivity contribution in [3.63, 3.8) is 0 Å². The predicted molar refractivity (Wildman–Crippen MR) is 88.8 cm³/mol. The molecule has 0 fully saturated rings. The van der Waals surface area contributed by atoms with Gasteiger partial charge in [-0.15, -0.1) is 13.2 Å². The molecule has 0 aliphatic rings. The summed E-state index contributed by atoms with van der Waals surface area (Å²) in [5.41, 5.74) is 5.06. The molecule has 1 nitrogen and oxygen atoms in total. The van der Waals surface area contributed by atoms with Gasteiger partial charge in [0.2, 0.25) is 0 Å². The fourth-order valence-electron chi connectivity index (χ4n) is 2.42. The lowest BCUT2D eigenvalue weighted by Crippen LogP contribution is -2.17. The van der Waals surface area contributed by atoms with Gasteiger partial charge < -0.3 is 4.43 Å². The lowest BCUT2D eigenvalue weighted by molar-refractivity contribution is 0.202. The van der Waals surface area contributed by atoms with E-state index in [2.05, 4.69) is 62.5 Å². The maximum atomic E-state index is 6.25. The van der Waals surface area contributed by atoms with Crippen molar-refractivity contribution in [1.82, 2.24) is 0 Å². The van der Waals surface area contributed by atoms with Crippen LogP contribution in [0.4, 0.5) is 0 Å². The van der Waals surface area contributed by atoms with Gasteiger partial charge in [0, 0.05) is 0 Å². The molecule has 1 unspecified atom stereocenters. The van der Waals surface area contributed by atoms with Crippen molar-refractivity contribution in [3.05, 3.63) is 72.6 Å². The molecular formula is C18H21OSi. The van der Waals surface area contributed by atoms with Gasteiger partial charge >= 0.3 is 0 Å². The molecule has 0 heterocycles. The van der Waals surface area contributed by atoms with E-state index >= 15 is 0 Å². The number of benzene rings is 2. The molecule has 0 N–H and O–H groups in total. The normalized spacial score (nSPS) is 12.5. The third-order valence-electron chi connectivity index (χ3n) is 3.40. The highest BCUT2D eigenvalue weighted by atomic mass is 28.3. The first-order chi connectivity index (χ1) is 9.80. The topological polar surface area (TPSA) is 9.23 Å². The van der Waals surface area contributed by atoms with Crippen molar-refractivity contribution >= 4 is 19.8 Å². The summed E-state index contributed by atoms with van der Waals surface area (Å²) >= 11 is 0. The van der Waals surface area contributed by atoms with Crippen molar-refractivity contribution in [2.45, 2.75) is 25.9 Å². The maximum absolute atomic E-state index is 6.25. The minimum Gasteiger partial charge on any atom is -0.401 e. The quantitative estimate of drug-likeness (QED) is 0.639. The van der Waals surface area contributed by atoms with Crippen LogP contribution in [0, 0.1) is 0 Å². The van der Waals surface area contributed by atoms with Gasteiger partial charge in [-0.05, 0) is 22.8 Å². The third-order valence-corrected chi connectivity index (χ3v) is 4.76. The van der Waals surface area contributed by atoms with E-state index in [0.717, 1.165) is 12.8 Å². The first-order valence-electron chi connectivity index (χ1n) is 7.06. The summed E-state index contributed by atoms with van der Waals surface area (Å²) in [6.45, 7) is 9.89. The van der Waals surface area contributed by atoms with Crippen LogP contribution in [0.3, 0.4) is 0 Å². The summed E-state index contributed by atoms with van der Waals surface area (Å²) < 4.78 is 6.25. The Labute approximate surface area is 123 Å². The molecule has 2 rings (SSSR count). The lowest BCUT2D eigenvalue weighted by atomic mass is 9.98. The molecule has 0 amide bonds. The molecule has 0 aliphatic carbocycles. The average molecular weight is 281 g/mol. The fourth-order valence-corrected chi connectivity index (χ4v) is 3.35. The zero-order chi connectivity index (χ0) is 14.4. The molecule has 1 radical (unpaired) electrons. The Kier molecular flexibility index (Phi) is 5.33. The highest BCUT2D eigenvalue weighted by molar-refractivity contribution is 6.62. The van der Waals surface area contributed by atoms with Gasteiger partial charge in [-0.25, -0.2) is 0 Å². The SMILES string of the molecule is C=C[Si](C=C)OC(CCC)c1cccc2ccccc12. The molecule has 0 saturated heterocycles. The molecule has 2 aromatic carbocycles. The van der Waals surface area contributed by atoms with Gasteiger partial charge in [-0.1, -0.05) is 67.2 Å². The molecule has 0 saturated carbocycles. The first-order valence-corrected chi connectivity index (χ1v) is 8.62. The summed E-state index contributed by atoms with van der Waals surface area (Å²) in [6, 6.07) is 14.9. The van der Waals surface area contributed by atoms with E-state index in [1.165, 1.54) is 16.3 Å². The van der Waals surface area contributed by atoms with Crippen LogP contribution in [0.2, 0.25) is 0 Å². The molecule has 2 heteroatoms. The Morgan fingerprint density at radius 3 is 2.50 bits per heavy atom. The van der Waals surface area contributed by atoms with Crippen LogP contribution >= 0.6 is 0 Å². The highest BCUT2D eigenvalue weighted by Crippen LogP contribution is 2.30. The maximum Gasteiger partial charge on any atom is 0.267 e. The minimum absolute atomic E-state index is 0.121. The average Bonchev–Trinajstić information content (AvgIpc) is 2.51. The van der Waals surface area contributed by atoms with Crippen LogP contribution in [-0.2, 0) is 4.43 Å². The van der Waals surface area contributed by atoms with Crippen molar-refractivity contribution in [3.8, 4) is 0 Å². The Hall–Kier alpha value is -1.64. The van der Waals surface area contributed by atoms with Crippen molar-refractivity contribution in [1.29, 1.82) is 0 Å². The first kappa shape index (κ1) is 14.8. The van der Waals surface area contributed by atoms with E-state index in [9.17, 15) is 0 Å². The van der Waals surface area contributed by atoms with Crippen molar-refractivity contribution < 1.29 is 4.43 Å². The molecule has 103 valence electrons. The second-order valence-electron chi connectivity index (χ2n) is 4.77. The predicted octanol–water partition coefficient (Wildman–Crippen LogP) is 5.14. The van der Waals surface area contributed by atoms with Crippen LogP contribution in [-0.4, -0.2) is 9.04 Å². The van der Waals surface area contributed by atoms with Gasteiger partial charge in [0.15, 0.2) is 0 Å². The van der Waals surface area contributed by atoms with E-state index in [-0.39, 0.29) is 6.10 Å². The van der Waals surface area contributed by atoms with Gasteiger partial charge in [0.25, 0.3) is 9.04 Å². The van der Waals surface area contributed by atoms with Crippen LogP contribution in [0.1, 0.15) is 31.4 Å². The van der Waals surface area contributed by atoms with Crippen LogP contribution in [0.25, 0.3) is 10.8 Å². The van der Waals surface area contributed by atoms with Gasteiger partial charge in [-0.3, -0.25) is 0 Å². The third kappa shape index (κ3) is 3.27. The number of hydrogen-bond donors (Lipinski definition) is 0. The zero-order valence-corrected chi connectivity index (χ0v) is 13.0. The molecule has 2 aromatic rings. The molecule has 0 aliphatic heterocycles. The van der Waals surface area contributed by atoms with Crippen molar-refractivity contribution in [2.24, 2.45) is 0 Å². The van der Waals surface area contributed by atoms with Crippen LogP contribution < -0.4 is 0 Å². The van der Waals surface area contributed by atoms with Crippen LogP contribution in [0.15, 0.2) is 67.0 Å². The Morgan fingerprint density at radius 2 is 1.80 bits per heavy atom. The largest absolute Gasteiger partial charge is 0.401 e. The van der Waals surface area contributed by atoms with Gasteiger partial charge in [0.1, 0.15) is 0 Å². The second-order valence-corrected chi connectivity index (χ2v) is 6.63. The summed E-state index contributed by atoms with van der Waals surface area (Å²) in [7, 11) is -1.13. The Morgan fingerprint density at radius 1 is 1.10 bits per heavy atom. The molecule has 0 spiro atoms. The molecule has 1 atom stereocenters. The monoisotopic (exact) mass is 281 g/mol. The molecule has 20 heavy (non-hydrogen) atoms. The summed E-state index contributed by atoms with van der Waals surface area (Å²) in [6.07, 6.45) is 2.23. The standard InChI is InChI=1S/C18H21OSi/c1-4-10-18(19-20(5-2)6-3)17-14-9-12-15-11-7-8-13-16(15)17/h5-9,11-14,18H,2-4,10H2,1H3. The summed E-state index contributed by atoms with van der Waals surface area (Å²) in [5, 5.41) is 2.55. The number of fused-ring (bicyclic) bond motifs is 1. The fraction of sp³-hybridized carbons (Fsp3) is 0.222.